The van der Waals surface area contributed by atoms with E-state index in [-0.39, 0.29) is 5.92 Å². The highest BCUT2D eigenvalue weighted by molar-refractivity contribution is 5.86. The molecule has 0 bridgehead atoms. The minimum atomic E-state index is -0.967. The number of hydrogen-bond donors (Lipinski definition) is 0. The molecule has 0 spiro atoms. The number of nitrogens with zero attached hydrogens (tertiary/aromatic N) is 1. The Morgan fingerprint density at radius 2 is 1.24 bits per heavy atom. The van der Waals surface area contributed by atoms with E-state index in [0.717, 1.165) is 11.1 Å². The summed E-state index contributed by atoms with van der Waals surface area (Å²) in [6.07, 6.45) is 0.473. The van der Waals surface area contributed by atoms with Gasteiger partial charge in [-0.15, -0.1) is 0 Å². The molecule has 2 aromatic carbocycles. The molecule has 0 saturated carbocycles. The van der Waals surface area contributed by atoms with Gasteiger partial charge in [0.25, 0.3) is 0 Å². The maximum Gasteiger partial charge on any atom is 0.444 e. The molecule has 0 saturated heterocycles. The highest BCUT2D eigenvalue weighted by atomic mass is 16.8. The first-order valence-electron chi connectivity index (χ1n) is 12.8. The normalized spacial score (nSPS) is 19.3. The van der Waals surface area contributed by atoms with E-state index in [1.807, 2.05) is 66.7 Å². The molecule has 0 aromatic heterocycles. The van der Waals surface area contributed by atoms with Crippen LogP contribution in [-0.4, -0.2) is 47.3 Å². The Labute approximate surface area is 225 Å². The van der Waals surface area contributed by atoms with Crippen LogP contribution < -0.4 is 0 Å². The Kier molecular flexibility index (Phi) is 10.1. The summed E-state index contributed by atoms with van der Waals surface area (Å²) < 4.78 is 23.1. The highest BCUT2D eigenvalue weighted by Gasteiger charge is 2.40. The fraction of sp³-hybridized carbons (Fsp3) is 0.467. The molecule has 0 unspecified atom stereocenters. The predicted octanol–water partition coefficient (Wildman–Crippen LogP) is 6.45. The van der Waals surface area contributed by atoms with Crippen molar-refractivity contribution in [2.24, 2.45) is 5.92 Å². The third kappa shape index (κ3) is 9.59. The van der Waals surface area contributed by atoms with Crippen LogP contribution in [0, 0.1) is 5.92 Å². The van der Waals surface area contributed by atoms with E-state index in [0.29, 0.717) is 24.9 Å². The van der Waals surface area contributed by atoms with Crippen LogP contribution in [0.4, 0.5) is 9.59 Å². The summed E-state index contributed by atoms with van der Waals surface area (Å²) >= 11 is 0. The molecule has 8 heteroatoms. The summed E-state index contributed by atoms with van der Waals surface area (Å²) in [6.45, 7) is 11.4. The Morgan fingerprint density at radius 1 is 0.737 bits per heavy atom. The number of carbonyl (C=O) groups is 2. The quantitative estimate of drug-likeness (QED) is 0.275. The lowest BCUT2D eigenvalue weighted by Gasteiger charge is -2.31. The second-order valence-corrected chi connectivity index (χ2v) is 11.1. The standard InChI is InChI=1S/C30H39NO7/c1-29(2,3)36-27(32)31(28(33)37-30(4,5)6)38-25-18-17-24(21-34-19-22-13-9-7-10-14-22)26(25)35-20-23-15-11-8-12-16-23/h7-18,24-26H,19-21H2,1-6H3/t24-,25+,26+/m0/s1. The van der Waals surface area contributed by atoms with Crippen molar-refractivity contribution >= 4 is 12.2 Å². The number of hydroxylamine groups is 2. The Balaban J connectivity index is 1.75. The first-order chi connectivity index (χ1) is 17.9. The summed E-state index contributed by atoms with van der Waals surface area (Å²) in [5.74, 6) is -0.174. The van der Waals surface area contributed by atoms with E-state index >= 15 is 0 Å². The van der Waals surface area contributed by atoms with E-state index in [1.54, 1.807) is 47.6 Å². The van der Waals surface area contributed by atoms with E-state index in [9.17, 15) is 9.59 Å². The smallest absolute Gasteiger partial charge is 0.442 e. The minimum Gasteiger partial charge on any atom is -0.442 e. The van der Waals surface area contributed by atoms with Crippen molar-refractivity contribution in [2.45, 2.75) is 78.2 Å². The molecular formula is C30H39NO7. The zero-order chi connectivity index (χ0) is 27.8. The number of rotatable bonds is 9. The van der Waals surface area contributed by atoms with Crippen LogP contribution in [0.1, 0.15) is 52.7 Å². The SMILES string of the molecule is CC(C)(C)OC(=O)N(O[C@@H]1C=C[C@@H](COCc2ccccc2)[C@H]1OCc1ccccc1)C(=O)OC(C)(C)C. The zero-order valence-electron chi connectivity index (χ0n) is 23.1. The summed E-state index contributed by atoms with van der Waals surface area (Å²) in [6, 6.07) is 19.6. The molecule has 206 valence electrons. The molecule has 8 nitrogen and oxygen atoms in total. The molecule has 0 radical (unpaired) electrons. The van der Waals surface area contributed by atoms with Gasteiger partial charge in [0.1, 0.15) is 17.3 Å². The molecule has 1 aliphatic carbocycles. The number of carbonyl (C=O) groups excluding carboxylic acids is 2. The summed E-state index contributed by atoms with van der Waals surface area (Å²) in [5, 5.41) is 0.539. The van der Waals surface area contributed by atoms with Gasteiger partial charge in [-0.3, -0.25) is 0 Å². The molecule has 0 heterocycles. The first-order valence-corrected chi connectivity index (χ1v) is 12.8. The fourth-order valence-electron chi connectivity index (χ4n) is 3.72. The van der Waals surface area contributed by atoms with Crippen LogP contribution in [0.15, 0.2) is 72.8 Å². The number of imide groups is 1. The number of benzene rings is 2. The van der Waals surface area contributed by atoms with Gasteiger partial charge in [-0.1, -0.05) is 77.9 Å². The minimum absolute atomic E-state index is 0.174. The number of hydrogen-bond acceptors (Lipinski definition) is 7. The lowest BCUT2D eigenvalue weighted by Crippen LogP contribution is -2.47. The molecule has 0 fully saturated rings. The Morgan fingerprint density at radius 3 is 1.74 bits per heavy atom. The summed E-state index contributed by atoms with van der Waals surface area (Å²) in [7, 11) is 0. The van der Waals surface area contributed by atoms with Crippen LogP contribution in [0.25, 0.3) is 0 Å². The predicted molar refractivity (Wildman–Crippen MR) is 143 cm³/mol. The maximum absolute atomic E-state index is 13.0. The van der Waals surface area contributed by atoms with Gasteiger partial charge in [0.2, 0.25) is 0 Å². The topological polar surface area (TPSA) is 83.5 Å². The van der Waals surface area contributed by atoms with Crippen LogP contribution in [-0.2, 0) is 37.0 Å². The molecule has 1 aliphatic rings. The molecule has 0 N–H and O–H groups in total. The lowest BCUT2D eigenvalue weighted by atomic mass is 10.1. The van der Waals surface area contributed by atoms with Crippen LogP contribution >= 0.6 is 0 Å². The van der Waals surface area contributed by atoms with Gasteiger partial charge in [-0.05, 0) is 52.7 Å². The van der Waals surface area contributed by atoms with Gasteiger partial charge in [0, 0.05) is 5.92 Å². The van der Waals surface area contributed by atoms with Crippen LogP contribution in [0.5, 0.6) is 0 Å². The fourth-order valence-corrected chi connectivity index (χ4v) is 3.72. The number of amides is 2. The molecule has 2 aromatic rings. The molecular weight excluding hydrogens is 486 g/mol. The molecule has 3 rings (SSSR count). The highest BCUT2D eigenvalue weighted by Crippen LogP contribution is 2.28. The number of ether oxygens (including phenoxy) is 4. The Bertz CT molecular complexity index is 1030. The molecule has 38 heavy (non-hydrogen) atoms. The van der Waals surface area contributed by atoms with Crippen molar-refractivity contribution < 1.29 is 33.4 Å². The average molecular weight is 526 g/mol. The van der Waals surface area contributed by atoms with Gasteiger partial charge in [0.05, 0.1) is 25.9 Å². The van der Waals surface area contributed by atoms with Crippen molar-refractivity contribution in [3.8, 4) is 0 Å². The second kappa shape index (κ2) is 13.0. The van der Waals surface area contributed by atoms with E-state index in [1.165, 1.54) is 0 Å². The van der Waals surface area contributed by atoms with Crippen molar-refractivity contribution in [3.63, 3.8) is 0 Å². The van der Waals surface area contributed by atoms with Gasteiger partial charge >= 0.3 is 12.2 Å². The van der Waals surface area contributed by atoms with Gasteiger partial charge in [-0.25, -0.2) is 14.4 Å². The van der Waals surface area contributed by atoms with Crippen molar-refractivity contribution in [1.29, 1.82) is 0 Å². The average Bonchev–Trinajstić information content (AvgIpc) is 3.21. The van der Waals surface area contributed by atoms with Gasteiger partial charge in [0.15, 0.2) is 0 Å². The van der Waals surface area contributed by atoms with E-state index in [4.69, 9.17) is 23.8 Å². The first kappa shape index (κ1) is 29.4. The van der Waals surface area contributed by atoms with Crippen molar-refractivity contribution in [1.82, 2.24) is 5.06 Å². The van der Waals surface area contributed by atoms with Gasteiger partial charge < -0.3 is 18.9 Å². The Hall–Kier alpha value is -3.20. The molecule has 2 amide bonds. The second-order valence-electron chi connectivity index (χ2n) is 11.1. The summed E-state index contributed by atoms with van der Waals surface area (Å²) in [5.41, 5.74) is 0.357. The maximum atomic E-state index is 13.0. The van der Waals surface area contributed by atoms with Gasteiger partial charge in [-0.2, -0.15) is 0 Å². The third-order valence-electron chi connectivity index (χ3n) is 5.35. The van der Waals surface area contributed by atoms with Crippen molar-refractivity contribution in [3.05, 3.63) is 83.9 Å². The molecule has 3 atom stereocenters. The lowest BCUT2D eigenvalue weighted by molar-refractivity contribution is -0.191. The monoisotopic (exact) mass is 525 g/mol. The largest absolute Gasteiger partial charge is 0.444 e. The van der Waals surface area contributed by atoms with E-state index in [2.05, 4.69) is 0 Å². The third-order valence-corrected chi connectivity index (χ3v) is 5.35. The zero-order valence-corrected chi connectivity index (χ0v) is 23.1. The summed E-state index contributed by atoms with van der Waals surface area (Å²) in [4.78, 5) is 31.9. The van der Waals surface area contributed by atoms with E-state index < -0.39 is 35.6 Å². The molecule has 0 aliphatic heterocycles. The van der Waals surface area contributed by atoms with Crippen molar-refractivity contribution in [2.75, 3.05) is 6.61 Å². The van der Waals surface area contributed by atoms with Crippen LogP contribution in [0.2, 0.25) is 0 Å². The van der Waals surface area contributed by atoms with Crippen LogP contribution in [0.3, 0.4) is 0 Å².